The Bertz CT molecular complexity index is 938. The minimum Gasteiger partial charge on any atom is -0.460 e. The number of anilines is 1. The van der Waals surface area contributed by atoms with E-state index in [0.29, 0.717) is 30.2 Å². The predicted molar refractivity (Wildman–Crippen MR) is 136 cm³/mol. The molecule has 7 nitrogen and oxygen atoms in total. The van der Waals surface area contributed by atoms with E-state index >= 15 is 0 Å². The van der Waals surface area contributed by atoms with Crippen LogP contribution in [0.4, 0.5) is 5.69 Å². The summed E-state index contributed by atoms with van der Waals surface area (Å²) in [6.45, 7) is 3.26. The zero-order valence-corrected chi connectivity index (χ0v) is 21.0. The van der Waals surface area contributed by atoms with Crippen LogP contribution in [0.25, 0.3) is 0 Å². The fourth-order valence-corrected chi connectivity index (χ4v) is 6.00. The predicted octanol–water partition coefficient (Wildman–Crippen LogP) is 4.91. The molecule has 1 saturated carbocycles. The number of ether oxygens (including phenoxy) is 2. The minimum atomic E-state index is -0.359. The third-order valence-corrected chi connectivity index (χ3v) is 7.84. The van der Waals surface area contributed by atoms with Crippen molar-refractivity contribution in [2.75, 3.05) is 37.9 Å². The van der Waals surface area contributed by atoms with Gasteiger partial charge < -0.3 is 19.7 Å². The fourth-order valence-electron chi connectivity index (χ4n) is 4.98. The largest absolute Gasteiger partial charge is 0.460 e. The Balaban J connectivity index is 1.48. The van der Waals surface area contributed by atoms with Crippen LogP contribution in [0.3, 0.4) is 0 Å². The van der Waals surface area contributed by atoms with Crippen molar-refractivity contribution in [3.8, 4) is 0 Å². The third-order valence-electron chi connectivity index (χ3n) is 6.76. The van der Waals surface area contributed by atoms with Gasteiger partial charge in [-0.3, -0.25) is 4.79 Å². The summed E-state index contributed by atoms with van der Waals surface area (Å²) in [6, 6.07) is 7.58. The normalized spacial score (nSPS) is 20.7. The lowest BCUT2D eigenvalue weighted by molar-refractivity contribution is -0.141. The smallest absolute Gasteiger partial charge is 0.338 e. The maximum atomic E-state index is 13.0. The number of amidine groups is 1. The fraction of sp³-hybridized carbons (Fsp3) is 0.577. The van der Waals surface area contributed by atoms with Crippen LogP contribution in [-0.2, 0) is 19.1 Å². The molecule has 1 amide bonds. The molecule has 34 heavy (non-hydrogen) atoms. The molecule has 3 aliphatic rings. The number of thioether (sulfide) groups is 1. The number of carbonyl (C=O) groups is 2. The lowest BCUT2D eigenvalue weighted by Crippen LogP contribution is -2.42. The second kappa shape index (κ2) is 11.9. The van der Waals surface area contributed by atoms with Crippen LogP contribution >= 0.6 is 11.8 Å². The molecule has 0 spiro atoms. The maximum absolute atomic E-state index is 13.0. The van der Waals surface area contributed by atoms with E-state index in [-0.39, 0.29) is 24.5 Å². The number of carbonyl (C=O) groups excluding carboxylic acids is 2. The molecule has 2 fully saturated rings. The van der Waals surface area contributed by atoms with Crippen LogP contribution in [0, 0.1) is 5.92 Å². The Morgan fingerprint density at radius 1 is 1.15 bits per heavy atom. The SMILES string of the molecule is COCCOC(=O)C1=C(C)N=C2SCCCN2C1c1ccc(NC(=O)CCC2CCCC2)cc1. The summed E-state index contributed by atoms with van der Waals surface area (Å²) in [5.74, 6) is 1.43. The Morgan fingerprint density at radius 2 is 1.91 bits per heavy atom. The lowest BCUT2D eigenvalue weighted by atomic mass is 9.94. The number of methoxy groups -OCH3 is 1. The quantitative estimate of drug-likeness (QED) is 0.396. The molecule has 0 bridgehead atoms. The van der Waals surface area contributed by atoms with Crippen LogP contribution < -0.4 is 5.32 Å². The van der Waals surface area contributed by atoms with Gasteiger partial charge in [0.1, 0.15) is 6.61 Å². The first-order valence-electron chi connectivity index (χ1n) is 12.3. The standard InChI is InChI=1S/C26H35N3O4S/c1-18-23(25(31)33-16-15-32-2)24(29-14-5-17-34-26(29)27-18)20-9-11-21(12-10-20)28-22(30)13-8-19-6-3-4-7-19/h9-12,19,24H,3-8,13-17H2,1-2H3,(H,28,30). The van der Waals surface area contributed by atoms with E-state index in [1.54, 1.807) is 18.9 Å². The molecule has 8 heteroatoms. The van der Waals surface area contributed by atoms with Gasteiger partial charge in [-0.15, -0.1) is 0 Å². The summed E-state index contributed by atoms with van der Waals surface area (Å²) in [7, 11) is 1.58. The molecule has 1 atom stereocenters. The molecule has 1 aliphatic carbocycles. The van der Waals surface area contributed by atoms with Crippen molar-refractivity contribution in [3.05, 3.63) is 41.1 Å². The van der Waals surface area contributed by atoms with Gasteiger partial charge in [0.05, 0.1) is 23.9 Å². The highest BCUT2D eigenvalue weighted by atomic mass is 32.2. The second-order valence-corrected chi connectivity index (χ2v) is 10.2. The Kier molecular flexibility index (Phi) is 8.67. The molecule has 1 saturated heterocycles. The second-order valence-electron chi connectivity index (χ2n) is 9.18. The van der Waals surface area contributed by atoms with Crippen molar-refractivity contribution in [2.45, 2.75) is 57.9 Å². The summed E-state index contributed by atoms with van der Waals surface area (Å²) in [6.07, 6.45) is 7.68. The molecular formula is C26H35N3O4S. The van der Waals surface area contributed by atoms with Gasteiger partial charge in [0.25, 0.3) is 0 Å². The number of rotatable bonds is 9. The minimum absolute atomic E-state index is 0.0670. The summed E-state index contributed by atoms with van der Waals surface area (Å²) >= 11 is 1.72. The van der Waals surface area contributed by atoms with E-state index in [9.17, 15) is 9.59 Å². The summed E-state index contributed by atoms with van der Waals surface area (Å²) in [5.41, 5.74) is 3.02. The van der Waals surface area contributed by atoms with E-state index in [1.165, 1.54) is 25.7 Å². The van der Waals surface area contributed by atoms with Crippen molar-refractivity contribution in [1.29, 1.82) is 0 Å². The van der Waals surface area contributed by atoms with Crippen molar-refractivity contribution < 1.29 is 19.1 Å². The van der Waals surface area contributed by atoms with Gasteiger partial charge in [0.15, 0.2) is 5.17 Å². The Hall–Kier alpha value is -2.32. The Labute approximate surface area is 206 Å². The monoisotopic (exact) mass is 485 g/mol. The van der Waals surface area contributed by atoms with Gasteiger partial charge in [-0.2, -0.15) is 0 Å². The van der Waals surface area contributed by atoms with E-state index < -0.39 is 0 Å². The molecular weight excluding hydrogens is 450 g/mol. The molecule has 2 aliphatic heterocycles. The molecule has 184 valence electrons. The van der Waals surface area contributed by atoms with Crippen LogP contribution in [0.15, 0.2) is 40.5 Å². The number of benzene rings is 1. The molecule has 2 heterocycles. The molecule has 4 rings (SSSR count). The molecule has 0 radical (unpaired) electrons. The maximum Gasteiger partial charge on any atom is 0.338 e. The number of hydrogen-bond acceptors (Lipinski definition) is 7. The molecule has 0 aromatic heterocycles. The summed E-state index contributed by atoms with van der Waals surface area (Å²) in [4.78, 5) is 32.4. The first kappa shape index (κ1) is 24.8. The van der Waals surface area contributed by atoms with Crippen LogP contribution in [0.2, 0.25) is 0 Å². The van der Waals surface area contributed by atoms with Crippen molar-refractivity contribution in [1.82, 2.24) is 4.90 Å². The zero-order chi connectivity index (χ0) is 23.9. The zero-order valence-electron chi connectivity index (χ0n) is 20.2. The number of hydrogen-bond donors (Lipinski definition) is 1. The molecule has 1 aromatic carbocycles. The molecule has 1 unspecified atom stereocenters. The first-order chi connectivity index (χ1) is 16.6. The number of aliphatic imine (C=N–C) groups is 1. The van der Waals surface area contributed by atoms with Gasteiger partial charge in [-0.05, 0) is 43.4 Å². The van der Waals surface area contributed by atoms with Crippen molar-refractivity contribution in [3.63, 3.8) is 0 Å². The van der Waals surface area contributed by atoms with Crippen LogP contribution in [0.5, 0.6) is 0 Å². The van der Waals surface area contributed by atoms with E-state index in [0.717, 1.165) is 41.6 Å². The van der Waals surface area contributed by atoms with E-state index in [4.69, 9.17) is 14.5 Å². The lowest BCUT2D eigenvalue weighted by Gasteiger charge is -2.40. The third kappa shape index (κ3) is 6.02. The van der Waals surface area contributed by atoms with Crippen LogP contribution in [-0.4, -0.2) is 54.6 Å². The van der Waals surface area contributed by atoms with Crippen molar-refractivity contribution >= 4 is 34.5 Å². The molecule has 1 N–H and O–H groups in total. The number of allylic oxidation sites excluding steroid dienone is 1. The number of nitrogens with one attached hydrogen (secondary N) is 1. The highest BCUT2D eigenvalue weighted by molar-refractivity contribution is 8.13. The Morgan fingerprint density at radius 3 is 2.65 bits per heavy atom. The number of amides is 1. The van der Waals surface area contributed by atoms with Crippen molar-refractivity contribution in [2.24, 2.45) is 10.9 Å². The number of nitrogens with zero attached hydrogens (tertiary/aromatic N) is 2. The van der Waals surface area contributed by atoms with E-state index in [2.05, 4.69) is 10.2 Å². The first-order valence-corrected chi connectivity index (χ1v) is 13.3. The average molecular weight is 486 g/mol. The summed E-state index contributed by atoms with van der Waals surface area (Å²) < 4.78 is 10.5. The van der Waals surface area contributed by atoms with Gasteiger partial charge >= 0.3 is 5.97 Å². The number of fused-ring (bicyclic) bond motifs is 1. The van der Waals surface area contributed by atoms with E-state index in [1.807, 2.05) is 31.2 Å². The summed E-state index contributed by atoms with van der Waals surface area (Å²) in [5, 5.41) is 3.98. The number of esters is 1. The highest BCUT2D eigenvalue weighted by Gasteiger charge is 2.37. The van der Waals surface area contributed by atoms with Crippen LogP contribution in [0.1, 0.15) is 63.5 Å². The van der Waals surface area contributed by atoms with Gasteiger partial charge in [0.2, 0.25) is 5.91 Å². The van der Waals surface area contributed by atoms with Gasteiger partial charge in [-0.25, -0.2) is 9.79 Å². The average Bonchev–Trinajstić information content (AvgIpc) is 3.36. The highest BCUT2D eigenvalue weighted by Crippen LogP contribution is 2.40. The topological polar surface area (TPSA) is 80.2 Å². The van der Waals surface area contributed by atoms with Gasteiger partial charge in [-0.1, -0.05) is 49.6 Å². The molecule has 1 aromatic rings. The van der Waals surface area contributed by atoms with Gasteiger partial charge in [0, 0.05) is 31.5 Å².